The van der Waals surface area contributed by atoms with Crippen LogP contribution < -0.4 is 20.1 Å². The van der Waals surface area contributed by atoms with Crippen LogP contribution in [0, 0.1) is 13.8 Å². The number of imide groups is 1. The molecule has 0 aliphatic carbocycles. The van der Waals surface area contributed by atoms with Gasteiger partial charge < -0.3 is 19.5 Å². The molecule has 0 aliphatic rings. The number of benzene rings is 2. The molecule has 30 heavy (non-hydrogen) atoms. The van der Waals surface area contributed by atoms with Gasteiger partial charge in [-0.25, -0.2) is 9.59 Å². The summed E-state index contributed by atoms with van der Waals surface area (Å²) in [5, 5.41) is 4.70. The van der Waals surface area contributed by atoms with Crippen molar-refractivity contribution in [1.82, 2.24) is 5.32 Å². The Kier molecular flexibility index (Phi) is 8.23. The van der Waals surface area contributed by atoms with Gasteiger partial charge in [-0.3, -0.25) is 10.1 Å². The first-order valence-electron chi connectivity index (χ1n) is 9.10. The van der Waals surface area contributed by atoms with E-state index in [1.54, 1.807) is 13.0 Å². The van der Waals surface area contributed by atoms with Crippen LogP contribution in [0.1, 0.15) is 28.4 Å². The Bertz CT molecular complexity index is 961. The molecule has 0 spiro atoms. The molecule has 0 heterocycles. The van der Waals surface area contributed by atoms with Crippen molar-refractivity contribution in [2.45, 2.75) is 20.8 Å². The van der Waals surface area contributed by atoms with E-state index in [1.807, 2.05) is 26.0 Å². The lowest BCUT2D eigenvalue weighted by Crippen LogP contribution is -2.37. The normalized spacial score (nSPS) is 10.2. The molecule has 0 aliphatic heterocycles. The number of nitrogens with one attached hydrogen (secondary N) is 2. The van der Waals surface area contributed by atoms with Gasteiger partial charge in [-0.15, -0.1) is 0 Å². The van der Waals surface area contributed by atoms with Gasteiger partial charge in [0, 0.05) is 5.69 Å². The van der Waals surface area contributed by atoms with E-state index in [1.165, 1.54) is 19.2 Å². The van der Waals surface area contributed by atoms with Crippen LogP contribution in [0.2, 0.25) is 0 Å². The van der Waals surface area contributed by atoms with E-state index in [0.29, 0.717) is 28.3 Å². The van der Waals surface area contributed by atoms with E-state index in [-0.39, 0.29) is 5.56 Å². The molecule has 9 heteroatoms. The van der Waals surface area contributed by atoms with Gasteiger partial charge in [-0.2, -0.15) is 0 Å². The highest BCUT2D eigenvalue weighted by Crippen LogP contribution is 2.36. The highest BCUT2D eigenvalue weighted by atomic mass is 79.9. The Morgan fingerprint density at radius 3 is 2.47 bits per heavy atom. The molecule has 0 saturated carbocycles. The summed E-state index contributed by atoms with van der Waals surface area (Å²) >= 11 is 3.31. The maximum absolute atomic E-state index is 12.3. The molecule has 2 aromatic carbocycles. The number of amides is 3. The highest BCUT2D eigenvalue weighted by molar-refractivity contribution is 9.10. The number of methoxy groups -OCH3 is 1. The Morgan fingerprint density at radius 1 is 1.10 bits per heavy atom. The molecule has 2 N–H and O–H groups in total. The second-order valence-corrected chi connectivity index (χ2v) is 7.17. The number of carbonyl (C=O) groups is 3. The lowest BCUT2D eigenvalue weighted by atomic mass is 10.1. The summed E-state index contributed by atoms with van der Waals surface area (Å²) in [6, 6.07) is 7.73. The zero-order valence-electron chi connectivity index (χ0n) is 17.1. The van der Waals surface area contributed by atoms with Crippen LogP contribution in [-0.2, 0) is 9.53 Å². The van der Waals surface area contributed by atoms with E-state index in [0.717, 1.165) is 11.1 Å². The second-order valence-electron chi connectivity index (χ2n) is 6.32. The first kappa shape index (κ1) is 23.2. The van der Waals surface area contributed by atoms with Crippen LogP contribution in [-0.4, -0.2) is 38.2 Å². The molecule has 0 atom stereocenters. The number of hydrogen-bond acceptors (Lipinski definition) is 6. The van der Waals surface area contributed by atoms with E-state index in [4.69, 9.17) is 14.2 Å². The van der Waals surface area contributed by atoms with Gasteiger partial charge in [0.05, 0.1) is 23.8 Å². The van der Waals surface area contributed by atoms with E-state index >= 15 is 0 Å². The molecular formula is C21H23BrN2O6. The van der Waals surface area contributed by atoms with Gasteiger partial charge in [0.2, 0.25) is 0 Å². The van der Waals surface area contributed by atoms with Crippen molar-refractivity contribution in [2.75, 3.05) is 25.6 Å². The number of ether oxygens (including phenoxy) is 3. The van der Waals surface area contributed by atoms with E-state index in [9.17, 15) is 14.4 Å². The number of halogens is 1. The predicted molar refractivity (Wildman–Crippen MR) is 115 cm³/mol. The molecule has 0 saturated heterocycles. The van der Waals surface area contributed by atoms with Crippen LogP contribution in [0.4, 0.5) is 10.5 Å². The molecule has 0 fully saturated rings. The highest BCUT2D eigenvalue weighted by Gasteiger charge is 2.18. The smallest absolute Gasteiger partial charge is 0.338 e. The molecule has 160 valence electrons. The molecule has 2 rings (SSSR count). The van der Waals surface area contributed by atoms with Crippen molar-refractivity contribution >= 4 is 39.5 Å². The number of urea groups is 1. The summed E-state index contributed by atoms with van der Waals surface area (Å²) in [6.07, 6.45) is 0. The first-order chi connectivity index (χ1) is 14.2. The fourth-order valence-electron chi connectivity index (χ4n) is 2.63. The topological polar surface area (TPSA) is 103 Å². The lowest BCUT2D eigenvalue weighted by molar-refractivity contribution is -0.123. The third-order valence-corrected chi connectivity index (χ3v) is 4.56. The quantitative estimate of drug-likeness (QED) is 0.583. The third-order valence-electron chi connectivity index (χ3n) is 3.97. The first-order valence-corrected chi connectivity index (χ1v) is 9.90. The minimum Gasteiger partial charge on any atom is -0.492 e. The molecular weight excluding hydrogens is 456 g/mol. The molecule has 0 unspecified atom stereocenters. The van der Waals surface area contributed by atoms with Gasteiger partial charge >= 0.3 is 12.0 Å². The SMILES string of the molecule is CCOc1cc(C(=O)OCC(=O)NC(=O)Nc2ccc(C)cc2C)cc(Br)c1OC. The second kappa shape index (κ2) is 10.6. The third kappa shape index (κ3) is 6.21. The standard InChI is InChI=1S/C21H23BrN2O6/c1-5-29-17-10-14(9-15(22)19(17)28-4)20(26)30-11-18(25)24-21(27)23-16-7-6-12(2)8-13(16)3/h6-10H,5,11H2,1-4H3,(H2,23,24,25,27). The van der Waals surface area contributed by atoms with Gasteiger partial charge in [-0.1, -0.05) is 17.7 Å². The molecule has 2 aromatic rings. The van der Waals surface area contributed by atoms with Gasteiger partial charge in [-0.05, 0) is 60.5 Å². The average molecular weight is 479 g/mol. The van der Waals surface area contributed by atoms with Crippen molar-refractivity contribution in [3.8, 4) is 11.5 Å². The number of anilines is 1. The summed E-state index contributed by atoms with van der Waals surface area (Å²) < 4.78 is 16.2. The van der Waals surface area contributed by atoms with Crippen molar-refractivity contribution in [3.05, 3.63) is 51.5 Å². The zero-order valence-corrected chi connectivity index (χ0v) is 18.7. The van der Waals surface area contributed by atoms with Crippen molar-refractivity contribution in [2.24, 2.45) is 0 Å². The van der Waals surface area contributed by atoms with E-state index < -0.39 is 24.5 Å². The summed E-state index contributed by atoms with van der Waals surface area (Å²) in [4.78, 5) is 36.2. The average Bonchev–Trinajstić information content (AvgIpc) is 2.68. The van der Waals surface area contributed by atoms with Gasteiger partial charge in [0.1, 0.15) is 0 Å². The number of rotatable bonds is 7. The van der Waals surface area contributed by atoms with Crippen LogP contribution in [0.25, 0.3) is 0 Å². The largest absolute Gasteiger partial charge is 0.492 e. The molecule has 8 nitrogen and oxygen atoms in total. The summed E-state index contributed by atoms with van der Waals surface area (Å²) in [5.74, 6) is -0.708. The fraction of sp³-hybridized carbons (Fsp3) is 0.286. The molecule has 0 radical (unpaired) electrons. The minimum atomic E-state index is -0.761. The monoisotopic (exact) mass is 478 g/mol. The molecule has 0 aromatic heterocycles. The van der Waals surface area contributed by atoms with Gasteiger partial charge in [0.25, 0.3) is 5.91 Å². The predicted octanol–water partition coefficient (Wildman–Crippen LogP) is 3.98. The number of carbonyl (C=O) groups excluding carboxylic acids is 3. The Hall–Kier alpha value is -3.07. The summed E-state index contributed by atoms with van der Waals surface area (Å²) in [6.45, 7) is 5.33. The van der Waals surface area contributed by atoms with Crippen LogP contribution in [0.15, 0.2) is 34.8 Å². The maximum Gasteiger partial charge on any atom is 0.338 e. The maximum atomic E-state index is 12.3. The fourth-order valence-corrected chi connectivity index (χ4v) is 3.24. The number of hydrogen-bond donors (Lipinski definition) is 2. The minimum absolute atomic E-state index is 0.165. The Balaban J connectivity index is 1.94. The lowest BCUT2D eigenvalue weighted by Gasteiger charge is -2.13. The summed E-state index contributed by atoms with van der Waals surface area (Å²) in [5.41, 5.74) is 2.66. The molecule has 3 amide bonds. The van der Waals surface area contributed by atoms with Crippen LogP contribution in [0.3, 0.4) is 0 Å². The van der Waals surface area contributed by atoms with Crippen molar-refractivity contribution in [1.29, 1.82) is 0 Å². The van der Waals surface area contributed by atoms with Crippen molar-refractivity contribution in [3.63, 3.8) is 0 Å². The number of esters is 1. The number of aryl methyl sites for hydroxylation is 2. The van der Waals surface area contributed by atoms with Crippen molar-refractivity contribution < 1.29 is 28.6 Å². The molecule has 0 bridgehead atoms. The summed E-state index contributed by atoms with van der Waals surface area (Å²) in [7, 11) is 1.48. The Morgan fingerprint density at radius 2 is 1.83 bits per heavy atom. The van der Waals surface area contributed by atoms with Gasteiger partial charge in [0.15, 0.2) is 18.1 Å². The van der Waals surface area contributed by atoms with Crippen LogP contribution >= 0.6 is 15.9 Å². The van der Waals surface area contributed by atoms with Crippen LogP contribution in [0.5, 0.6) is 11.5 Å². The zero-order chi connectivity index (χ0) is 22.3. The Labute approximate surface area is 183 Å². The van der Waals surface area contributed by atoms with E-state index in [2.05, 4.69) is 26.6 Å².